The monoisotopic (exact) mass is 377 g/mol. The van der Waals surface area contributed by atoms with E-state index in [1.54, 1.807) is 18.9 Å². The number of aromatic nitrogens is 2. The van der Waals surface area contributed by atoms with E-state index in [9.17, 15) is 0 Å². The van der Waals surface area contributed by atoms with Crippen molar-refractivity contribution in [2.45, 2.75) is 51.7 Å². The molecular weight excluding hydrogens is 350 g/mol. The second kappa shape index (κ2) is 8.68. The molecule has 0 bridgehead atoms. The first-order valence-corrected chi connectivity index (χ1v) is 9.61. The molecule has 142 valence electrons. The number of hydrogen-bond donors (Lipinski definition) is 0. The molecule has 0 spiro atoms. The standard InChI is InChI=1S/C19H27N3O3S/c1-4-21(14-8-6-5-7-9-14)13-22-19(26)25-18(20-22)16-11-10-15(23-2)12-17(16)24-3/h10-12,14H,4-9,13H2,1-3H3. The molecular formula is C19H27N3O3S. The fraction of sp³-hybridized carbons (Fsp3) is 0.579. The van der Waals surface area contributed by atoms with Gasteiger partial charge in [0.05, 0.1) is 26.5 Å². The van der Waals surface area contributed by atoms with Gasteiger partial charge in [0.2, 0.25) is 0 Å². The molecule has 0 N–H and O–H groups in total. The number of methoxy groups -OCH3 is 2. The maximum absolute atomic E-state index is 5.77. The Hall–Kier alpha value is -1.86. The molecule has 26 heavy (non-hydrogen) atoms. The van der Waals surface area contributed by atoms with E-state index in [2.05, 4.69) is 16.9 Å². The number of ether oxygens (including phenoxy) is 2. The van der Waals surface area contributed by atoms with Crippen molar-refractivity contribution in [3.63, 3.8) is 0 Å². The van der Waals surface area contributed by atoms with Gasteiger partial charge in [0, 0.05) is 12.1 Å². The molecule has 0 radical (unpaired) electrons. The summed E-state index contributed by atoms with van der Waals surface area (Å²) >= 11 is 5.41. The lowest BCUT2D eigenvalue weighted by molar-refractivity contribution is 0.118. The number of hydrogen-bond acceptors (Lipinski definition) is 6. The molecule has 1 aliphatic carbocycles. The molecule has 2 aromatic rings. The van der Waals surface area contributed by atoms with E-state index in [0.29, 0.717) is 29.2 Å². The zero-order valence-corrected chi connectivity index (χ0v) is 16.6. The Morgan fingerprint density at radius 3 is 2.65 bits per heavy atom. The molecule has 1 fully saturated rings. The van der Waals surface area contributed by atoms with Gasteiger partial charge in [0.1, 0.15) is 11.5 Å². The van der Waals surface area contributed by atoms with Crippen LogP contribution >= 0.6 is 12.2 Å². The number of benzene rings is 1. The summed E-state index contributed by atoms with van der Waals surface area (Å²) in [6, 6.07) is 6.15. The van der Waals surface area contributed by atoms with Crippen LogP contribution in [0.1, 0.15) is 39.0 Å². The van der Waals surface area contributed by atoms with Crippen molar-refractivity contribution in [2.24, 2.45) is 0 Å². The van der Waals surface area contributed by atoms with Gasteiger partial charge in [-0.2, -0.15) is 0 Å². The minimum Gasteiger partial charge on any atom is -0.497 e. The van der Waals surface area contributed by atoms with Crippen LogP contribution in [0.25, 0.3) is 11.5 Å². The van der Waals surface area contributed by atoms with Gasteiger partial charge in [-0.3, -0.25) is 4.90 Å². The maximum Gasteiger partial charge on any atom is 0.288 e. The van der Waals surface area contributed by atoms with Crippen LogP contribution in [0.5, 0.6) is 11.5 Å². The van der Waals surface area contributed by atoms with E-state index in [1.807, 2.05) is 18.2 Å². The fourth-order valence-electron chi connectivity index (χ4n) is 3.57. The minimum absolute atomic E-state index is 0.382. The quantitative estimate of drug-likeness (QED) is 0.662. The Morgan fingerprint density at radius 2 is 2.00 bits per heavy atom. The maximum atomic E-state index is 5.77. The van der Waals surface area contributed by atoms with Crippen LogP contribution in [0.4, 0.5) is 0 Å². The van der Waals surface area contributed by atoms with Gasteiger partial charge in [-0.25, -0.2) is 4.68 Å². The molecule has 1 aromatic heterocycles. The first-order chi connectivity index (χ1) is 12.7. The topological polar surface area (TPSA) is 52.7 Å². The number of nitrogens with zero attached hydrogens (tertiary/aromatic N) is 3. The zero-order valence-electron chi connectivity index (χ0n) is 15.7. The molecule has 1 aliphatic rings. The van der Waals surface area contributed by atoms with Crippen LogP contribution in [-0.2, 0) is 6.67 Å². The van der Waals surface area contributed by atoms with Crippen molar-refractivity contribution in [3.8, 4) is 23.0 Å². The fourth-order valence-corrected chi connectivity index (χ4v) is 3.75. The smallest absolute Gasteiger partial charge is 0.288 e. The molecule has 0 unspecified atom stereocenters. The third-order valence-corrected chi connectivity index (χ3v) is 5.35. The molecule has 0 aliphatic heterocycles. The second-order valence-corrected chi connectivity index (χ2v) is 6.93. The average Bonchev–Trinajstić information content (AvgIpc) is 3.06. The predicted octanol–water partition coefficient (Wildman–Crippen LogP) is 4.50. The van der Waals surface area contributed by atoms with Gasteiger partial charge >= 0.3 is 0 Å². The van der Waals surface area contributed by atoms with Crippen molar-refractivity contribution >= 4 is 12.2 Å². The van der Waals surface area contributed by atoms with E-state index in [0.717, 1.165) is 17.9 Å². The third-order valence-electron chi connectivity index (χ3n) is 5.06. The highest BCUT2D eigenvalue weighted by Gasteiger charge is 2.22. The first-order valence-electron chi connectivity index (χ1n) is 9.20. The van der Waals surface area contributed by atoms with Crippen molar-refractivity contribution in [1.82, 2.24) is 14.7 Å². The minimum atomic E-state index is 0.382. The molecule has 1 saturated carbocycles. The van der Waals surface area contributed by atoms with Crippen molar-refractivity contribution in [2.75, 3.05) is 20.8 Å². The molecule has 6 nitrogen and oxygen atoms in total. The molecule has 1 heterocycles. The van der Waals surface area contributed by atoms with Gasteiger partial charge in [0.25, 0.3) is 10.7 Å². The summed E-state index contributed by atoms with van der Waals surface area (Å²) in [7, 11) is 3.24. The van der Waals surface area contributed by atoms with E-state index in [-0.39, 0.29) is 0 Å². The molecule has 0 atom stereocenters. The lowest BCUT2D eigenvalue weighted by atomic mass is 9.94. The van der Waals surface area contributed by atoms with E-state index in [1.165, 1.54) is 32.1 Å². The largest absolute Gasteiger partial charge is 0.497 e. The van der Waals surface area contributed by atoms with Gasteiger partial charge in [-0.15, -0.1) is 5.10 Å². The van der Waals surface area contributed by atoms with Gasteiger partial charge in [0.15, 0.2) is 0 Å². The molecule has 1 aromatic carbocycles. The predicted molar refractivity (Wildman–Crippen MR) is 103 cm³/mol. The van der Waals surface area contributed by atoms with Crippen LogP contribution in [0.2, 0.25) is 0 Å². The van der Waals surface area contributed by atoms with Crippen LogP contribution < -0.4 is 9.47 Å². The van der Waals surface area contributed by atoms with Gasteiger partial charge in [-0.1, -0.05) is 26.2 Å². The molecule has 3 rings (SSSR count). The highest BCUT2D eigenvalue weighted by Crippen LogP contribution is 2.32. The van der Waals surface area contributed by atoms with Crippen molar-refractivity contribution in [3.05, 3.63) is 23.0 Å². The van der Waals surface area contributed by atoms with Gasteiger partial charge in [-0.05, 0) is 43.7 Å². The Balaban J connectivity index is 1.84. The molecule has 0 saturated heterocycles. The van der Waals surface area contributed by atoms with E-state index >= 15 is 0 Å². The lowest BCUT2D eigenvalue weighted by Gasteiger charge is -2.32. The van der Waals surface area contributed by atoms with Gasteiger partial charge < -0.3 is 13.9 Å². The first kappa shape index (κ1) is 18.9. The Bertz CT molecular complexity index is 781. The zero-order chi connectivity index (χ0) is 18.5. The SMILES string of the molecule is CCN(Cn1nc(-c2ccc(OC)cc2OC)oc1=S)C1CCCCC1. The van der Waals surface area contributed by atoms with Crippen molar-refractivity contribution in [1.29, 1.82) is 0 Å². The van der Waals surface area contributed by atoms with E-state index in [4.69, 9.17) is 26.1 Å². The Morgan fingerprint density at radius 1 is 1.23 bits per heavy atom. The Labute approximate surface area is 159 Å². The summed E-state index contributed by atoms with van der Waals surface area (Å²) in [6.07, 6.45) is 6.45. The van der Waals surface area contributed by atoms with Crippen LogP contribution in [0, 0.1) is 4.84 Å². The summed E-state index contributed by atoms with van der Waals surface area (Å²) in [4.78, 5) is 2.82. The van der Waals surface area contributed by atoms with Crippen LogP contribution in [-0.4, -0.2) is 41.5 Å². The highest BCUT2D eigenvalue weighted by molar-refractivity contribution is 7.71. The summed E-state index contributed by atoms with van der Waals surface area (Å²) in [5, 5.41) is 4.61. The average molecular weight is 378 g/mol. The molecule has 7 heteroatoms. The molecule has 0 amide bonds. The van der Waals surface area contributed by atoms with E-state index < -0.39 is 0 Å². The normalized spacial score (nSPS) is 15.4. The lowest BCUT2D eigenvalue weighted by Crippen LogP contribution is -2.38. The Kier molecular flexibility index (Phi) is 6.32. The summed E-state index contributed by atoms with van der Waals surface area (Å²) < 4.78 is 18.2. The summed E-state index contributed by atoms with van der Waals surface area (Å²) in [5.41, 5.74) is 0.763. The number of rotatable bonds is 7. The summed E-state index contributed by atoms with van der Waals surface area (Å²) in [6.45, 7) is 3.81. The summed E-state index contributed by atoms with van der Waals surface area (Å²) in [5.74, 6) is 1.83. The second-order valence-electron chi connectivity index (χ2n) is 6.58. The van der Waals surface area contributed by atoms with Crippen LogP contribution in [0.3, 0.4) is 0 Å². The highest BCUT2D eigenvalue weighted by atomic mass is 32.1. The van der Waals surface area contributed by atoms with Crippen molar-refractivity contribution < 1.29 is 13.9 Å². The van der Waals surface area contributed by atoms with Crippen LogP contribution in [0.15, 0.2) is 22.6 Å². The third kappa shape index (κ3) is 4.10.